The predicted octanol–water partition coefficient (Wildman–Crippen LogP) is -0.664. The summed E-state index contributed by atoms with van der Waals surface area (Å²) < 4.78 is 22.6. The quantitative estimate of drug-likeness (QED) is 0.596. The van der Waals surface area contributed by atoms with Crippen LogP contribution >= 0.6 is 0 Å². The second-order valence-electron chi connectivity index (χ2n) is 3.50. The molecular weight excluding hydrogens is 178 g/mol. The fraction of sp³-hybridized carbons (Fsp3) is 0.857. The number of carbonyl (C=O) groups is 1. The van der Waals surface area contributed by atoms with E-state index in [-0.39, 0.29) is 17.5 Å². The topological polar surface area (TPSA) is 77.2 Å². The monoisotopic (exact) mass is 191 g/mol. The third-order valence-corrected chi connectivity index (χ3v) is 4.42. The fourth-order valence-corrected chi connectivity index (χ4v) is 3.80. The predicted molar refractivity (Wildman–Crippen MR) is 45.4 cm³/mol. The summed E-state index contributed by atoms with van der Waals surface area (Å²) in [5.74, 6) is -0.685. The van der Waals surface area contributed by atoms with Crippen molar-refractivity contribution in [2.24, 2.45) is 11.7 Å². The highest BCUT2D eigenvalue weighted by Crippen LogP contribution is 2.22. The molecule has 1 fully saturated rings. The lowest BCUT2D eigenvalue weighted by Crippen LogP contribution is -2.34. The molecule has 0 aromatic rings. The Kier molecular flexibility index (Phi) is 2.27. The van der Waals surface area contributed by atoms with E-state index in [1.165, 1.54) is 0 Å². The van der Waals surface area contributed by atoms with Gasteiger partial charge in [0.1, 0.15) is 5.25 Å². The van der Waals surface area contributed by atoms with Crippen LogP contribution in [0.3, 0.4) is 0 Å². The molecule has 5 heteroatoms. The molecule has 1 saturated heterocycles. The lowest BCUT2D eigenvalue weighted by Gasteiger charge is -2.10. The molecular formula is C7H13NO3S. The lowest BCUT2D eigenvalue weighted by molar-refractivity contribution is -0.119. The van der Waals surface area contributed by atoms with Gasteiger partial charge < -0.3 is 5.73 Å². The molecule has 2 atom stereocenters. The van der Waals surface area contributed by atoms with Gasteiger partial charge in [0.25, 0.3) is 0 Å². The summed E-state index contributed by atoms with van der Waals surface area (Å²) in [6.07, 6.45) is 0. The van der Waals surface area contributed by atoms with Crippen LogP contribution in [0, 0.1) is 5.92 Å². The molecule has 2 N–H and O–H groups in total. The van der Waals surface area contributed by atoms with Gasteiger partial charge in [-0.3, -0.25) is 4.79 Å². The molecule has 12 heavy (non-hydrogen) atoms. The van der Waals surface area contributed by atoms with Crippen molar-refractivity contribution in [2.45, 2.75) is 25.1 Å². The van der Waals surface area contributed by atoms with E-state index in [0.717, 1.165) is 0 Å². The van der Waals surface area contributed by atoms with Crippen molar-refractivity contribution in [3.05, 3.63) is 0 Å². The zero-order valence-electron chi connectivity index (χ0n) is 7.15. The van der Waals surface area contributed by atoms with Crippen LogP contribution in [0.4, 0.5) is 0 Å². The molecule has 0 radical (unpaired) electrons. The number of ketones is 1. The van der Waals surface area contributed by atoms with Crippen molar-refractivity contribution in [1.29, 1.82) is 0 Å². The maximum atomic E-state index is 11.3. The molecule has 70 valence electrons. The normalized spacial score (nSPS) is 34.5. The van der Waals surface area contributed by atoms with Crippen molar-refractivity contribution in [3.8, 4) is 0 Å². The summed E-state index contributed by atoms with van der Waals surface area (Å²) in [4.78, 5) is 11.3. The van der Waals surface area contributed by atoms with Crippen molar-refractivity contribution in [1.82, 2.24) is 0 Å². The molecule has 0 bridgehead atoms. The summed E-state index contributed by atoms with van der Waals surface area (Å²) in [6.45, 7) is 3.44. The lowest BCUT2D eigenvalue weighted by atomic mass is 10.0. The molecule has 0 aromatic carbocycles. The summed E-state index contributed by atoms with van der Waals surface area (Å²) in [5.41, 5.74) is 5.35. The second-order valence-corrected chi connectivity index (χ2v) is 5.67. The highest BCUT2D eigenvalue weighted by Gasteiger charge is 2.45. The van der Waals surface area contributed by atoms with Crippen LogP contribution in [0.15, 0.2) is 0 Å². The number of carbonyl (C=O) groups excluding carboxylic acids is 1. The molecule has 2 unspecified atom stereocenters. The Morgan fingerprint density at radius 3 is 2.17 bits per heavy atom. The summed E-state index contributed by atoms with van der Waals surface area (Å²) >= 11 is 0. The van der Waals surface area contributed by atoms with Gasteiger partial charge in [0.15, 0.2) is 15.6 Å². The molecule has 1 rings (SSSR count). The maximum Gasteiger partial charge on any atom is 0.168 e. The molecule has 0 spiro atoms. The largest absolute Gasteiger partial charge is 0.321 e. The Labute approximate surface area is 72.0 Å². The minimum atomic E-state index is -3.26. The molecule has 0 aromatic heterocycles. The van der Waals surface area contributed by atoms with Gasteiger partial charge in [-0.25, -0.2) is 8.42 Å². The van der Waals surface area contributed by atoms with Gasteiger partial charge >= 0.3 is 0 Å². The van der Waals surface area contributed by atoms with Gasteiger partial charge in [-0.1, -0.05) is 13.8 Å². The minimum Gasteiger partial charge on any atom is -0.321 e. The fourth-order valence-electron chi connectivity index (χ4n) is 1.57. The number of hydrogen-bond donors (Lipinski definition) is 1. The van der Waals surface area contributed by atoms with Gasteiger partial charge in [-0.15, -0.1) is 0 Å². The zero-order valence-corrected chi connectivity index (χ0v) is 7.97. The Morgan fingerprint density at radius 1 is 1.50 bits per heavy atom. The zero-order chi connectivity index (χ0) is 9.52. The van der Waals surface area contributed by atoms with Crippen molar-refractivity contribution >= 4 is 15.6 Å². The van der Waals surface area contributed by atoms with E-state index in [0.29, 0.717) is 0 Å². The van der Waals surface area contributed by atoms with Gasteiger partial charge in [-0.2, -0.15) is 0 Å². The number of sulfone groups is 1. The van der Waals surface area contributed by atoms with Crippen LogP contribution < -0.4 is 5.73 Å². The molecule has 1 aliphatic heterocycles. The summed E-state index contributed by atoms with van der Waals surface area (Å²) in [5, 5.41) is -0.868. The van der Waals surface area contributed by atoms with Crippen molar-refractivity contribution in [2.75, 3.05) is 5.75 Å². The Balaban J connectivity index is 3.06. The van der Waals surface area contributed by atoms with Gasteiger partial charge in [0.05, 0.1) is 11.8 Å². The second kappa shape index (κ2) is 2.81. The number of Topliss-reactive ketones (excluding diaryl/α,β-unsaturated/α-hetero) is 1. The SMILES string of the molecule is CC(C)C1C(=O)C(N)CS1(=O)=O. The summed E-state index contributed by atoms with van der Waals surface area (Å²) in [7, 11) is -3.26. The first-order chi connectivity index (χ1) is 5.36. The Morgan fingerprint density at radius 2 is 2.00 bits per heavy atom. The van der Waals surface area contributed by atoms with Crippen molar-refractivity contribution in [3.63, 3.8) is 0 Å². The Hall–Kier alpha value is -0.420. The van der Waals surface area contributed by atoms with Crippen LogP contribution in [0.1, 0.15) is 13.8 Å². The van der Waals surface area contributed by atoms with Crippen LogP contribution in [0.25, 0.3) is 0 Å². The average Bonchev–Trinajstić information content (AvgIpc) is 2.01. The van der Waals surface area contributed by atoms with Gasteiger partial charge in [0.2, 0.25) is 0 Å². The van der Waals surface area contributed by atoms with Crippen LogP contribution in [-0.2, 0) is 14.6 Å². The standard InChI is InChI=1S/C7H13NO3S/c1-4(2)7-6(9)5(8)3-12(7,10)11/h4-5,7H,3,8H2,1-2H3. The first-order valence-electron chi connectivity index (χ1n) is 3.87. The van der Waals surface area contributed by atoms with E-state index in [2.05, 4.69) is 0 Å². The van der Waals surface area contributed by atoms with E-state index in [4.69, 9.17) is 5.73 Å². The molecule has 1 aliphatic rings. The van der Waals surface area contributed by atoms with E-state index < -0.39 is 21.1 Å². The van der Waals surface area contributed by atoms with Crippen LogP contribution in [-0.4, -0.2) is 31.2 Å². The number of nitrogens with two attached hydrogens (primary N) is 1. The van der Waals surface area contributed by atoms with E-state index in [9.17, 15) is 13.2 Å². The van der Waals surface area contributed by atoms with E-state index in [1.54, 1.807) is 13.8 Å². The summed E-state index contributed by atoms with van der Waals surface area (Å²) in [6, 6.07) is -0.803. The number of rotatable bonds is 1. The molecule has 0 amide bonds. The highest BCUT2D eigenvalue weighted by atomic mass is 32.2. The van der Waals surface area contributed by atoms with E-state index >= 15 is 0 Å². The van der Waals surface area contributed by atoms with Crippen LogP contribution in [0.2, 0.25) is 0 Å². The molecule has 0 saturated carbocycles. The van der Waals surface area contributed by atoms with Gasteiger partial charge in [0, 0.05) is 0 Å². The smallest absolute Gasteiger partial charge is 0.168 e. The third kappa shape index (κ3) is 1.38. The molecule has 1 heterocycles. The molecule has 0 aliphatic carbocycles. The first-order valence-corrected chi connectivity index (χ1v) is 5.58. The average molecular weight is 191 g/mol. The van der Waals surface area contributed by atoms with Gasteiger partial charge in [-0.05, 0) is 5.92 Å². The van der Waals surface area contributed by atoms with E-state index in [1.807, 2.05) is 0 Å². The highest BCUT2D eigenvalue weighted by molar-refractivity contribution is 7.93. The van der Waals surface area contributed by atoms with Crippen LogP contribution in [0.5, 0.6) is 0 Å². The Bertz CT molecular complexity index is 294. The third-order valence-electron chi connectivity index (χ3n) is 2.05. The number of hydrogen-bond acceptors (Lipinski definition) is 4. The first kappa shape index (κ1) is 9.67. The molecule has 4 nitrogen and oxygen atoms in total. The minimum absolute atomic E-state index is 0.170. The maximum absolute atomic E-state index is 11.3. The van der Waals surface area contributed by atoms with Crippen molar-refractivity contribution < 1.29 is 13.2 Å².